The summed E-state index contributed by atoms with van der Waals surface area (Å²) in [6.07, 6.45) is 7.71. The standard InChI is InChI=1S/C23H33N3O3S2/c1-18(20-10-6-3-7-11-20)26-31(28,29)15-13-23(21-17-30(27)14-12-22(21)24)25-16-19-8-4-2-5-9-19/h2,4-5,8-9,13,15,18,20,26H,3,6-7,10-12,14,16-17,24H2,1H3/b15-13+,25-23?. The second-order valence-corrected chi connectivity index (χ2v) is 11.6. The molecule has 1 aliphatic heterocycles. The molecular weight excluding hydrogens is 430 g/mol. The lowest BCUT2D eigenvalue weighted by Crippen LogP contribution is -2.37. The van der Waals surface area contributed by atoms with Gasteiger partial charge in [0.05, 0.1) is 18.0 Å². The van der Waals surface area contributed by atoms with Crippen LogP contribution in [0.3, 0.4) is 0 Å². The molecule has 0 amide bonds. The van der Waals surface area contributed by atoms with Crippen LogP contribution in [0.5, 0.6) is 0 Å². The summed E-state index contributed by atoms with van der Waals surface area (Å²) in [6, 6.07) is 9.63. The normalized spacial score (nSPS) is 22.7. The van der Waals surface area contributed by atoms with Gasteiger partial charge >= 0.3 is 0 Å². The van der Waals surface area contributed by atoms with Crippen LogP contribution in [0.2, 0.25) is 0 Å². The summed E-state index contributed by atoms with van der Waals surface area (Å²) in [6.45, 7) is 2.34. The van der Waals surface area contributed by atoms with Crippen LogP contribution < -0.4 is 10.5 Å². The fourth-order valence-electron chi connectivity index (χ4n) is 4.13. The fraction of sp³-hybridized carbons (Fsp3) is 0.522. The van der Waals surface area contributed by atoms with Crippen molar-refractivity contribution in [2.75, 3.05) is 11.5 Å². The zero-order chi connectivity index (χ0) is 22.3. The Hall–Kier alpha value is -1.77. The van der Waals surface area contributed by atoms with Crippen molar-refractivity contribution in [1.82, 2.24) is 4.72 Å². The van der Waals surface area contributed by atoms with E-state index in [1.165, 1.54) is 17.9 Å². The molecule has 3 N–H and O–H groups in total. The van der Waals surface area contributed by atoms with Crippen molar-refractivity contribution < 1.29 is 12.6 Å². The van der Waals surface area contributed by atoms with Gasteiger partial charge in [-0.2, -0.15) is 0 Å². The van der Waals surface area contributed by atoms with Crippen molar-refractivity contribution in [3.8, 4) is 0 Å². The molecule has 1 fully saturated rings. The van der Waals surface area contributed by atoms with Gasteiger partial charge in [-0.15, -0.1) is 0 Å². The van der Waals surface area contributed by atoms with Crippen molar-refractivity contribution in [2.24, 2.45) is 16.6 Å². The summed E-state index contributed by atoms with van der Waals surface area (Å²) in [4.78, 5) is 4.64. The van der Waals surface area contributed by atoms with Crippen LogP contribution in [0.25, 0.3) is 0 Å². The highest BCUT2D eigenvalue weighted by Gasteiger charge is 2.24. The van der Waals surface area contributed by atoms with Gasteiger partial charge in [0, 0.05) is 39.3 Å². The van der Waals surface area contributed by atoms with E-state index in [0.717, 1.165) is 31.2 Å². The molecule has 1 heterocycles. The smallest absolute Gasteiger partial charge is 0.234 e. The lowest BCUT2D eigenvalue weighted by atomic mass is 9.85. The van der Waals surface area contributed by atoms with Crippen LogP contribution >= 0.6 is 0 Å². The van der Waals surface area contributed by atoms with Gasteiger partial charge in [0.2, 0.25) is 10.0 Å². The molecule has 1 aromatic rings. The monoisotopic (exact) mass is 463 g/mol. The van der Waals surface area contributed by atoms with Gasteiger partial charge in [0.15, 0.2) is 0 Å². The van der Waals surface area contributed by atoms with E-state index in [-0.39, 0.29) is 6.04 Å². The molecule has 0 aromatic heterocycles. The molecule has 1 saturated carbocycles. The first kappa shape index (κ1) is 23.9. The number of sulfonamides is 1. The van der Waals surface area contributed by atoms with Crippen LogP contribution in [0.15, 0.2) is 58.1 Å². The molecule has 2 atom stereocenters. The van der Waals surface area contributed by atoms with Gasteiger partial charge in [-0.05, 0) is 43.7 Å². The quantitative estimate of drug-likeness (QED) is 0.577. The Morgan fingerprint density at radius 3 is 2.68 bits per heavy atom. The molecule has 0 spiro atoms. The third-order valence-corrected chi connectivity index (χ3v) is 8.45. The second-order valence-electron chi connectivity index (χ2n) is 8.38. The number of nitrogens with two attached hydrogens (primary N) is 1. The van der Waals surface area contributed by atoms with Crippen molar-refractivity contribution in [3.05, 3.63) is 58.6 Å². The number of rotatable bonds is 8. The maximum absolute atomic E-state index is 12.7. The van der Waals surface area contributed by atoms with E-state index < -0.39 is 20.8 Å². The van der Waals surface area contributed by atoms with Gasteiger partial charge in [-0.25, -0.2) is 13.1 Å². The Morgan fingerprint density at radius 2 is 1.97 bits per heavy atom. The molecular formula is C23H33N3O3S2. The van der Waals surface area contributed by atoms with E-state index in [2.05, 4.69) is 9.71 Å². The Morgan fingerprint density at radius 1 is 1.26 bits per heavy atom. The molecule has 0 bridgehead atoms. The van der Waals surface area contributed by atoms with Crippen LogP contribution in [0.4, 0.5) is 0 Å². The third kappa shape index (κ3) is 7.40. The van der Waals surface area contributed by atoms with E-state index >= 15 is 0 Å². The van der Waals surface area contributed by atoms with Crippen molar-refractivity contribution >= 4 is 26.5 Å². The van der Waals surface area contributed by atoms with E-state index in [1.54, 1.807) is 0 Å². The number of benzene rings is 1. The third-order valence-electron chi connectivity index (χ3n) is 5.99. The minimum Gasteiger partial charge on any atom is -0.402 e. The molecule has 2 aliphatic rings. The Labute approximate surface area is 188 Å². The molecule has 8 heteroatoms. The number of nitrogens with zero attached hydrogens (tertiary/aromatic N) is 1. The molecule has 2 unspecified atom stereocenters. The highest BCUT2D eigenvalue weighted by Crippen LogP contribution is 2.26. The highest BCUT2D eigenvalue weighted by molar-refractivity contribution is 7.92. The van der Waals surface area contributed by atoms with Gasteiger partial charge in [0.25, 0.3) is 0 Å². The van der Waals surface area contributed by atoms with E-state index in [9.17, 15) is 12.6 Å². The average molecular weight is 464 g/mol. The number of hydrogen-bond acceptors (Lipinski definition) is 5. The summed E-state index contributed by atoms with van der Waals surface area (Å²) < 4.78 is 40.4. The molecule has 1 aromatic carbocycles. The SMILES string of the molecule is CC(NS(=O)(=O)/C=C/C(=NCc1ccccc1)C1=C(N)CCS(=O)C1)C1CCCCC1. The number of allylic oxidation sites excluding steroid dienone is 2. The number of nitrogens with one attached hydrogen (secondary N) is 1. The predicted molar refractivity (Wildman–Crippen MR) is 129 cm³/mol. The highest BCUT2D eigenvalue weighted by atomic mass is 32.2. The minimum absolute atomic E-state index is 0.105. The maximum Gasteiger partial charge on any atom is 0.234 e. The van der Waals surface area contributed by atoms with Gasteiger partial charge in [0.1, 0.15) is 0 Å². The van der Waals surface area contributed by atoms with Crippen LogP contribution in [-0.2, 0) is 27.4 Å². The summed E-state index contributed by atoms with van der Waals surface area (Å²) in [5.41, 5.74) is 9.02. The molecule has 31 heavy (non-hydrogen) atoms. The van der Waals surface area contributed by atoms with Crippen LogP contribution in [0.1, 0.15) is 51.0 Å². The molecule has 0 radical (unpaired) electrons. The van der Waals surface area contributed by atoms with Gasteiger partial charge in [-0.3, -0.25) is 9.20 Å². The Bertz CT molecular complexity index is 963. The summed E-state index contributed by atoms with van der Waals surface area (Å²) in [7, 11) is -4.64. The van der Waals surface area contributed by atoms with Crippen LogP contribution in [0, 0.1) is 5.92 Å². The Kier molecular flexibility index (Phi) is 8.63. The maximum atomic E-state index is 12.7. The molecule has 0 saturated heterocycles. The summed E-state index contributed by atoms with van der Waals surface area (Å²) in [5, 5.41) is 1.17. The fourth-order valence-corrected chi connectivity index (χ4v) is 6.47. The number of aliphatic imine (C=N–C) groups is 1. The van der Waals surface area contributed by atoms with E-state index in [0.29, 0.717) is 47.4 Å². The van der Waals surface area contributed by atoms with Gasteiger partial charge < -0.3 is 5.73 Å². The topological polar surface area (TPSA) is 102 Å². The van der Waals surface area contributed by atoms with E-state index in [4.69, 9.17) is 5.73 Å². The summed E-state index contributed by atoms with van der Waals surface area (Å²) in [5.74, 6) is 1.21. The molecule has 170 valence electrons. The first-order valence-corrected chi connectivity index (χ1v) is 14.0. The predicted octanol–water partition coefficient (Wildman–Crippen LogP) is 3.39. The van der Waals surface area contributed by atoms with Crippen LogP contribution in [-0.4, -0.2) is 35.9 Å². The zero-order valence-electron chi connectivity index (χ0n) is 18.1. The second kappa shape index (κ2) is 11.2. The minimum atomic E-state index is -3.63. The van der Waals surface area contributed by atoms with Crippen molar-refractivity contribution in [1.29, 1.82) is 0 Å². The lowest BCUT2D eigenvalue weighted by Gasteiger charge is -2.27. The first-order chi connectivity index (χ1) is 14.8. The number of hydrogen-bond donors (Lipinski definition) is 2. The average Bonchev–Trinajstić information content (AvgIpc) is 2.77. The molecule has 3 rings (SSSR count). The Balaban J connectivity index is 1.79. The summed E-state index contributed by atoms with van der Waals surface area (Å²) >= 11 is 0. The van der Waals surface area contributed by atoms with E-state index in [1.807, 2.05) is 37.3 Å². The van der Waals surface area contributed by atoms with Gasteiger partial charge in [-0.1, -0.05) is 49.6 Å². The first-order valence-electron chi connectivity index (χ1n) is 11.0. The van der Waals surface area contributed by atoms with Crippen molar-refractivity contribution in [3.63, 3.8) is 0 Å². The lowest BCUT2D eigenvalue weighted by molar-refractivity contribution is 0.303. The largest absolute Gasteiger partial charge is 0.402 e. The molecule has 6 nitrogen and oxygen atoms in total. The zero-order valence-corrected chi connectivity index (χ0v) is 19.8. The molecule has 1 aliphatic carbocycles. The van der Waals surface area contributed by atoms with Crippen molar-refractivity contribution in [2.45, 2.75) is 58.0 Å².